The van der Waals surface area contributed by atoms with Crippen LogP contribution in [0.1, 0.15) is 35.8 Å². The van der Waals surface area contributed by atoms with Gasteiger partial charge in [-0.05, 0) is 34.5 Å². The van der Waals surface area contributed by atoms with Crippen molar-refractivity contribution in [3.05, 3.63) is 34.1 Å². The van der Waals surface area contributed by atoms with Gasteiger partial charge in [0.25, 0.3) is 0 Å². The largest absolute Gasteiger partial charge is 0.505 e. The molecule has 23 heavy (non-hydrogen) atoms. The van der Waals surface area contributed by atoms with Crippen molar-refractivity contribution in [2.75, 3.05) is 6.61 Å². The molecule has 0 amide bonds. The van der Waals surface area contributed by atoms with Crippen LogP contribution in [0.25, 0.3) is 10.8 Å². The van der Waals surface area contributed by atoms with Crippen LogP contribution in [-0.2, 0) is 10.9 Å². The van der Waals surface area contributed by atoms with E-state index in [1.807, 2.05) is 6.92 Å². The van der Waals surface area contributed by atoms with Crippen LogP contribution in [0.15, 0.2) is 22.8 Å². The van der Waals surface area contributed by atoms with E-state index in [1.165, 1.54) is 6.07 Å². The van der Waals surface area contributed by atoms with Crippen LogP contribution < -0.4 is 0 Å². The number of hydrogen-bond acceptors (Lipinski definition) is 4. The van der Waals surface area contributed by atoms with Gasteiger partial charge in [-0.1, -0.05) is 19.4 Å². The van der Waals surface area contributed by atoms with Gasteiger partial charge in [-0.3, -0.25) is 0 Å². The van der Waals surface area contributed by atoms with Gasteiger partial charge in [0.15, 0.2) is 11.4 Å². The fourth-order valence-corrected chi connectivity index (χ4v) is 2.48. The van der Waals surface area contributed by atoms with Gasteiger partial charge in [0.2, 0.25) is 0 Å². The van der Waals surface area contributed by atoms with Crippen molar-refractivity contribution in [2.45, 2.75) is 25.9 Å². The minimum atomic E-state index is -4.56. The van der Waals surface area contributed by atoms with E-state index in [2.05, 4.69) is 20.9 Å². The number of nitrogens with zero attached hydrogens (tertiary/aromatic N) is 1. The zero-order valence-electron chi connectivity index (χ0n) is 12.1. The Morgan fingerprint density at radius 2 is 2.04 bits per heavy atom. The molecule has 2 aromatic rings. The Balaban J connectivity index is 2.51. The van der Waals surface area contributed by atoms with Crippen LogP contribution in [0.4, 0.5) is 13.2 Å². The third-order valence-corrected chi connectivity index (χ3v) is 3.79. The monoisotopic (exact) mass is 391 g/mol. The number of halogens is 4. The summed E-state index contributed by atoms with van der Waals surface area (Å²) in [5.41, 5.74) is -1.34. The first-order chi connectivity index (χ1) is 10.8. The van der Waals surface area contributed by atoms with Crippen molar-refractivity contribution in [3.63, 3.8) is 0 Å². The Morgan fingerprint density at radius 1 is 1.35 bits per heavy atom. The second kappa shape index (κ2) is 6.74. The number of pyridine rings is 1. The van der Waals surface area contributed by atoms with E-state index in [1.54, 1.807) is 0 Å². The Bertz CT molecular complexity index is 747. The number of carbonyl (C=O) groups is 1. The Morgan fingerprint density at radius 3 is 2.65 bits per heavy atom. The second-order valence-electron chi connectivity index (χ2n) is 4.85. The highest BCUT2D eigenvalue weighted by molar-refractivity contribution is 9.10. The first-order valence-corrected chi connectivity index (χ1v) is 7.61. The van der Waals surface area contributed by atoms with Crippen LogP contribution >= 0.6 is 15.9 Å². The summed E-state index contributed by atoms with van der Waals surface area (Å²) in [5.74, 6) is -1.51. The minimum Gasteiger partial charge on any atom is -0.505 e. The van der Waals surface area contributed by atoms with Crippen molar-refractivity contribution < 1.29 is 27.8 Å². The molecule has 1 aromatic heterocycles. The van der Waals surface area contributed by atoms with Gasteiger partial charge in [0, 0.05) is 10.8 Å². The molecule has 0 aliphatic rings. The zero-order chi connectivity index (χ0) is 17.2. The molecule has 124 valence electrons. The molecule has 0 saturated heterocycles. The van der Waals surface area contributed by atoms with Crippen LogP contribution in [0, 0.1) is 0 Å². The average Bonchev–Trinajstić information content (AvgIpc) is 2.49. The number of alkyl halides is 3. The van der Waals surface area contributed by atoms with Crippen LogP contribution in [0.5, 0.6) is 5.75 Å². The van der Waals surface area contributed by atoms with Gasteiger partial charge in [-0.25, -0.2) is 9.78 Å². The maximum absolute atomic E-state index is 12.8. The lowest BCUT2D eigenvalue weighted by molar-refractivity contribution is -0.137. The predicted molar refractivity (Wildman–Crippen MR) is 81.3 cm³/mol. The number of hydrogen-bond donors (Lipinski definition) is 1. The second-order valence-corrected chi connectivity index (χ2v) is 5.60. The van der Waals surface area contributed by atoms with Gasteiger partial charge < -0.3 is 9.84 Å². The molecule has 4 nitrogen and oxygen atoms in total. The number of esters is 1. The van der Waals surface area contributed by atoms with Gasteiger partial charge in [0.1, 0.15) is 4.60 Å². The lowest BCUT2D eigenvalue weighted by atomic mass is 10.1. The smallest absolute Gasteiger partial charge is 0.416 e. The summed E-state index contributed by atoms with van der Waals surface area (Å²) >= 11 is 3.10. The first-order valence-electron chi connectivity index (χ1n) is 6.82. The third-order valence-electron chi connectivity index (χ3n) is 3.18. The highest BCUT2D eigenvalue weighted by Gasteiger charge is 2.31. The summed E-state index contributed by atoms with van der Waals surface area (Å²) in [4.78, 5) is 15.8. The fourth-order valence-electron chi connectivity index (χ4n) is 1.96. The molecular weight excluding hydrogens is 379 g/mol. The molecular formula is C15H13BrF3NO3. The van der Waals surface area contributed by atoms with Crippen molar-refractivity contribution in [1.82, 2.24) is 4.98 Å². The quantitative estimate of drug-likeness (QED) is 0.467. The van der Waals surface area contributed by atoms with Crippen molar-refractivity contribution in [3.8, 4) is 5.75 Å². The Kier molecular flexibility index (Phi) is 5.13. The third kappa shape index (κ3) is 3.74. The normalized spacial score (nSPS) is 11.7. The van der Waals surface area contributed by atoms with Gasteiger partial charge >= 0.3 is 12.1 Å². The summed E-state index contributed by atoms with van der Waals surface area (Å²) in [5, 5.41) is 10.3. The molecule has 0 aliphatic heterocycles. The van der Waals surface area contributed by atoms with E-state index in [-0.39, 0.29) is 22.0 Å². The van der Waals surface area contributed by atoms with E-state index in [0.717, 1.165) is 18.6 Å². The molecule has 0 fully saturated rings. The van der Waals surface area contributed by atoms with Crippen molar-refractivity contribution in [1.29, 1.82) is 0 Å². The van der Waals surface area contributed by atoms with Crippen LogP contribution in [0.2, 0.25) is 0 Å². The summed E-state index contributed by atoms with van der Waals surface area (Å²) in [6.45, 7) is 2.06. The van der Waals surface area contributed by atoms with E-state index in [4.69, 9.17) is 4.74 Å². The number of unbranched alkanes of at least 4 members (excludes halogenated alkanes) is 1. The van der Waals surface area contributed by atoms with Crippen LogP contribution in [0.3, 0.4) is 0 Å². The molecule has 0 saturated carbocycles. The van der Waals surface area contributed by atoms with Crippen LogP contribution in [-0.4, -0.2) is 22.7 Å². The average molecular weight is 392 g/mol. The minimum absolute atomic E-state index is 0.121. The maximum atomic E-state index is 12.8. The van der Waals surface area contributed by atoms with Gasteiger partial charge in [-0.15, -0.1) is 0 Å². The zero-order valence-corrected chi connectivity index (χ0v) is 13.7. The number of aromatic nitrogens is 1. The molecule has 0 radical (unpaired) electrons. The number of rotatable bonds is 4. The number of aromatic hydroxyl groups is 1. The SMILES string of the molecule is CCCCOC(=O)c1nc(Br)c2ccc(C(F)(F)F)cc2c1O. The number of benzene rings is 1. The summed E-state index contributed by atoms with van der Waals surface area (Å²) in [6.07, 6.45) is -3.11. The first kappa shape index (κ1) is 17.5. The molecule has 2 rings (SSSR count). The highest BCUT2D eigenvalue weighted by atomic mass is 79.9. The standard InChI is InChI=1S/C15H13BrF3NO3/c1-2-3-6-23-14(22)11-12(21)10-7-8(15(17,18)19)4-5-9(10)13(16)20-11/h4-5,7,21H,2-3,6H2,1H3. The lowest BCUT2D eigenvalue weighted by Gasteiger charge is -2.12. The maximum Gasteiger partial charge on any atom is 0.416 e. The van der Waals surface area contributed by atoms with Crippen molar-refractivity contribution in [2.24, 2.45) is 0 Å². The molecule has 1 aromatic carbocycles. The number of ether oxygens (including phenoxy) is 1. The topological polar surface area (TPSA) is 59.4 Å². The molecule has 1 heterocycles. The highest BCUT2D eigenvalue weighted by Crippen LogP contribution is 2.37. The molecule has 0 atom stereocenters. The molecule has 0 unspecified atom stereocenters. The summed E-state index contributed by atoms with van der Waals surface area (Å²) < 4.78 is 43.5. The fraction of sp³-hybridized carbons (Fsp3) is 0.333. The number of carbonyl (C=O) groups excluding carboxylic acids is 1. The predicted octanol–water partition coefficient (Wildman–Crippen LogP) is 4.68. The van der Waals surface area contributed by atoms with Crippen molar-refractivity contribution >= 4 is 32.7 Å². The lowest BCUT2D eigenvalue weighted by Crippen LogP contribution is -2.10. The molecule has 0 spiro atoms. The number of fused-ring (bicyclic) bond motifs is 1. The van der Waals surface area contributed by atoms with E-state index in [0.29, 0.717) is 6.42 Å². The molecule has 0 bridgehead atoms. The molecule has 8 heteroatoms. The van der Waals surface area contributed by atoms with E-state index >= 15 is 0 Å². The van der Waals surface area contributed by atoms with Gasteiger partial charge in [-0.2, -0.15) is 13.2 Å². The Labute approximate surface area is 138 Å². The van der Waals surface area contributed by atoms with E-state index < -0.39 is 29.2 Å². The molecule has 0 aliphatic carbocycles. The van der Waals surface area contributed by atoms with E-state index in [9.17, 15) is 23.1 Å². The summed E-state index contributed by atoms with van der Waals surface area (Å²) in [7, 11) is 0. The van der Waals surface area contributed by atoms with Gasteiger partial charge in [0.05, 0.1) is 12.2 Å². The summed E-state index contributed by atoms with van der Waals surface area (Å²) in [6, 6.07) is 2.84. The Hall–Kier alpha value is -1.83. The molecule has 1 N–H and O–H groups in total.